The highest BCUT2D eigenvalue weighted by Crippen LogP contribution is 2.34. The summed E-state index contributed by atoms with van der Waals surface area (Å²) in [4.78, 5) is 0. The Labute approximate surface area is 132 Å². The second-order valence-electron chi connectivity index (χ2n) is 5.75. The normalized spacial score (nSPS) is 21.5. The van der Waals surface area contributed by atoms with E-state index in [2.05, 4.69) is 42.7 Å². The van der Waals surface area contributed by atoms with Crippen molar-refractivity contribution in [1.82, 2.24) is 0 Å². The molecular weight excluding hydrogens is 278 g/mol. The van der Waals surface area contributed by atoms with Crippen molar-refractivity contribution in [2.24, 2.45) is 11.7 Å². The summed E-state index contributed by atoms with van der Waals surface area (Å²) in [6, 6.07) is 6.30. The van der Waals surface area contributed by atoms with Crippen LogP contribution >= 0.6 is 11.8 Å². The first-order valence-electron chi connectivity index (χ1n) is 7.70. The molecule has 114 valence electrons. The second kappa shape index (κ2) is 8.36. The molecule has 0 spiro atoms. The zero-order valence-corrected chi connectivity index (χ0v) is 13.8. The summed E-state index contributed by atoms with van der Waals surface area (Å²) in [5, 5.41) is 0.814. The molecule has 1 aromatic rings. The van der Waals surface area contributed by atoms with Gasteiger partial charge in [-0.25, -0.2) is 0 Å². The highest BCUT2D eigenvalue weighted by Gasteiger charge is 2.19. The van der Waals surface area contributed by atoms with Gasteiger partial charge in [0.1, 0.15) is 5.75 Å². The molecule has 0 heterocycles. The number of nitrogens with two attached hydrogens (primary N) is 1. The minimum Gasteiger partial charge on any atom is -0.495 e. The van der Waals surface area contributed by atoms with Gasteiger partial charge in [-0.2, -0.15) is 11.8 Å². The number of rotatable bonds is 4. The van der Waals surface area contributed by atoms with Gasteiger partial charge in [-0.15, -0.1) is 0 Å². The minimum atomic E-state index is 0.377. The summed E-state index contributed by atoms with van der Waals surface area (Å²) >= 11 is 2.09. The Morgan fingerprint density at radius 3 is 2.95 bits per heavy atom. The summed E-state index contributed by atoms with van der Waals surface area (Å²) < 4.78 is 5.36. The molecule has 2 atom stereocenters. The van der Waals surface area contributed by atoms with Gasteiger partial charge in [0.15, 0.2) is 0 Å². The number of ether oxygens (including phenoxy) is 1. The van der Waals surface area contributed by atoms with E-state index in [0.717, 1.165) is 28.2 Å². The average molecular weight is 303 g/mol. The number of methoxy groups -OCH3 is 1. The SMILES string of the molecule is COc1ccc(CSC2CCCC(C)C2)cc1C#CCN. The summed E-state index contributed by atoms with van der Waals surface area (Å²) in [6.45, 7) is 2.75. The second-order valence-corrected chi connectivity index (χ2v) is 7.03. The molecule has 1 saturated carbocycles. The summed E-state index contributed by atoms with van der Waals surface area (Å²) in [5.74, 6) is 8.78. The Bertz CT molecular complexity index is 518. The van der Waals surface area contributed by atoms with Gasteiger partial charge in [-0.3, -0.25) is 0 Å². The number of hydrogen-bond donors (Lipinski definition) is 1. The third-order valence-corrected chi connectivity index (χ3v) is 5.36. The van der Waals surface area contributed by atoms with Crippen LogP contribution in [0.1, 0.15) is 43.7 Å². The monoisotopic (exact) mass is 303 g/mol. The molecule has 1 aliphatic carbocycles. The number of benzene rings is 1. The van der Waals surface area contributed by atoms with Crippen LogP contribution in [0.5, 0.6) is 5.75 Å². The van der Waals surface area contributed by atoms with Gasteiger partial charge in [-0.05, 0) is 36.5 Å². The quantitative estimate of drug-likeness (QED) is 0.859. The number of thioether (sulfide) groups is 1. The van der Waals surface area contributed by atoms with E-state index in [-0.39, 0.29) is 0 Å². The van der Waals surface area contributed by atoms with Crippen LogP contribution in [0.3, 0.4) is 0 Å². The molecule has 3 heteroatoms. The maximum Gasteiger partial charge on any atom is 0.134 e. The molecule has 0 saturated heterocycles. The molecule has 1 aromatic carbocycles. The molecule has 0 radical (unpaired) electrons. The standard InChI is InChI=1S/C18H25NOS/c1-14-5-3-7-17(11-14)21-13-15-8-9-18(20-2)16(12-15)6-4-10-19/h8-9,12,14,17H,3,5,7,10-11,13,19H2,1-2H3. The van der Waals surface area contributed by atoms with Crippen LogP contribution in [0.15, 0.2) is 18.2 Å². The zero-order valence-electron chi connectivity index (χ0n) is 13.0. The van der Waals surface area contributed by atoms with E-state index in [1.54, 1.807) is 7.11 Å². The van der Waals surface area contributed by atoms with Crippen LogP contribution < -0.4 is 10.5 Å². The van der Waals surface area contributed by atoms with E-state index >= 15 is 0 Å². The van der Waals surface area contributed by atoms with Crippen molar-refractivity contribution >= 4 is 11.8 Å². The van der Waals surface area contributed by atoms with Crippen molar-refractivity contribution in [3.8, 4) is 17.6 Å². The van der Waals surface area contributed by atoms with Crippen molar-refractivity contribution in [3.05, 3.63) is 29.3 Å². The first-order valence-corrected chi connectivity index (χ1v) is 8.75. The fourth-order valence-corrected chi connectivity index (χ4v) is 4.24. The lowest BCUT2D eigenvalue weighted by Gasteiger charge is -2.26. The largest absolute Gasteiger partial charge is 0.495 e. The molecule has 0 aromatic heterocycles. The maximum absolute atomic E-state index is 5.46. The van der Waals surface area contributed by atoms with Crippen molar-refractivity contribution < 1.29 is 4.74 Å². The third-order valence-electron chi connectivity index (χ3n) is 3.96. The van der Waals surface area contributed by atoms with E-state index in [9.17, 15) is 0 Å². The third kappa shape index (κ3) is 4.98. The molecule has 0 bridgehead atoms. The fraction of sp³-hybridized carbons (Fsp3) is 0.556. The molecular formula is C18H25NOS. The zero-order chi connectivity index (χ0) is 15.1. The van der Waals surface area contributed by atoms with Crippen molar-refractivity contribution in [1.29, 1.82) is 0 Å². The van der Waals surface area contributed by atoms with Gasteiger partial charge in [0, 0.05) is 11.0 Å². The smallest absolute Gasteiger partial charge is 0.134 e. The Morgan fingerprint density at radius 1 is 1.38 bits per heavy atom. The van der Waals surface area contributed by atoms with Gasteiger partial charge in [0.05, 0.1) is 19.2 Å². The average Bonchev–Trinajstić information content (AvgIpc) is 2.51. The maximum atomic E-state index is 5.46. The Hall–Kier alpha value is -1.11. The highest BCUT2D eigenvalue weighted by molar-refractivity contribution is 7.99. The van der Waals surface area contributed by atoms with Crippen LogP contribution in [0.25, 0.3) is 0 Å². The predicted molar refractivity (Wildman–Crippen MR) is 91.6 cm³/mol. The van der Waals surface area contributed by atoms with E-state index < -0.39 is 0 Å². The first kappa shape index (κ1) is 16.3. The molecule has 1 fully saturated rings. The predicted octanol–water partition coefficient (Wildman–Crippen LogP) is 3.82. The van der Waals surface area contributed by atoms with Crippen molar-refractivity contribution in [3.63, 3.8) is 0 Å². The molecule has 0 amide bonds. The molecule has 0 aliphatic heterocycles. The van der Waals surface area contributed by atoms with Gasteiger partial charge in [-0.1, -0.05) is 37.7 Å². The lowest BCUT2D eigenvalue weighted by molar-refractivity contribution is 0.394. The van der Waals surface area contributed by atoms with E-state index in [0.29, 0.717) is 6.54 Å². The van der Waals surface area contributed by atoms with Crippen LogP contribution in [-0.4, -0.2) is 18.9 Å². The lowest BCUT2D eigenvalue weighted by Crippen LogP contribution is -2.15. The topological polar surface area (TPSA) is 35.2 Å². The van der Waals surface area contributed by atoms with Gasteiger partial charge in [0.2, 0.25) is 0 Å². The van der Waals surface area contributed by atoms with Gasteiger partial charge in [0.25, 0.3) is 0 Å². The molecule has 2 unspecified atom stereocenters. The minimum absolute atomic E-state index is 0.377. The van der Waals surface area contributed by atoms with E-state index in [1.807, 2.05) is 6.07 Å². The molecule has 21 heavy (non-hydrogen) atoms. The van der Waals surface area contributed by atoms with Gasteiger partial charge >= 0.3 is 0 Å². The Kier molecular flexibility index (Phi) is 6.48. The molecule has 1 aliphatic rings. The fourth-order valence-electron chi connectivity index (χ4n) is 2.83. The molecule has 2 rings (SSSR count). The molecule has 2 N–H and O–H groups in total. The first-order chi connectivity index (χ1) is 10.2. The Morgan fingerprint density at radius 2 is 2.24 bits per heavy atom. The summed E-state index contributed by atoms with van der Waals surface area (Å²) in [5.41, 5.74) is 7.72. The van der Waals surface area contributed by atoms with Crippen LogP contribution in [-0.2, 0) is 5.75 Å². The van der Waals surface area contributed by atoms with Gasteiger partial charge < -0.3 is 10.5 Å². The van der Waals surface area contributed by atoms with E-state index in [4.69, 9.17) is 10.5 Å². The number of hydrogen-bond acceptors (Lipinski definition) is 3. The van der Waals surface area contributed by atoms with Crippen LogP contribution in [0, 0.1) is 17.8 Å². The van der Waals surface area contributed by atoms with Crippen molar-refractivity contribution in [2.75, 3.05) is 13.7 Å². The van der Waals surface area contributed by atoms with Crippen LogP contribution in [0.4, 0.5) is 0 Å². The highest BCUT2D eigenvalue weighted by atomic mass is 32.2. The lowest BCUT2D eigenvalue weighted by atomic mass is 9.91. The summed E-state index contributed by atoms with van der Waals surface area (Å²) in [6.07, 6.45) is 5.51. The van der Waals surface area contributed by atoms with Crippen LogP contribution in [0.2, 0.25) is 0 Å². The van der Waals surface area contributed by atoms with Crippen molar-refractivity contribution in [2.45, 2.75) is 43.6 Å². The Balaban J connectivity index is 1.99. The molecule has 2 nitrogen and oxygen atoms in total. The van der Waals surface area contributed by atoms with E-state index in [1.165, 1.54) is 31.2 Å². The summed E-state index contributed by atoms with van der Waals surface area (Å²) in [7, 11) is 1.68.